The first-order valence-corrected chi connectivity index (χ1v) is 7.73. The van der Waals surface area contributed by atoms with Crippen LogP contribution in [-0.4, -0.2) is 39.1 Å². The second-order valence-corrected chi connectivity index (χ2v) is 5.46. The Morgan fingerprint density at radius 2 is 2.00 bits per heavy atom. The number of methoxy groups -OCH3 is 1. The zero-order valence-electron chi connectivity index (χ0n) is 13.9. The van der Waals surface area contributed by atoms with E-state index in [4.69, 9.17) is 9.84 Å². The number of carboxylic acids is 1. The molecule has 0 atom stereocenters. The van der Waals surface area contributed by atoms with Gasteiger partial charge in [-0.1, -0.05) is 23.4 Å². The number of carboxylic acid groups (broad SMARTS) is 1. The number of amides is 1. The van der Waals surface area contributed by atoms with Gasteiger partial charge in [-0.3, -0.25) is 9.59 Å². The molecule has 0 aliphatic heterocycles. The molecule has 3 aromatic rings. The van der Waals surface area contributed by atoms with Crippen molar-refractivity contribution in [2.24, 2.45) is 0 Å². The second-order valence-electron chi connectivity index (χ2n) is 5.46. The third kappa shape index (κ3) is 4.04. The van der Waals surface area contributed by atoms with E-state index in [9.17, 15) is 9.59 Å². The Labute approximate surface area is 149 Å². The van der Waals surface area contributed by atoms with Crippen LogP contribution in [0.2, 0.25) is 0 Å². The molecule has 0 aliphatic rings. The van der Waals surface area contributed by atoms with E-state index in [1.165, 1.54) is 18.0 Å². The highest BCUT2D eigenvalue weighted by Gasteiger charge is 2.10. The molecule has 0 unspecified atom stereocenters. The lowest BCUT2D eigenvalue weighted by molar-refractivity contribution is -0.137. The summed E-state index contributed by atoms with van der Waals surface area (Å²) in [5, 5.41) is 19.3. The molecular weight excluding hydrogens is 336 g/mol. The van der Waals surface area contributed by atoms with Crippen molar-refractivity contribution in [2.75, 3.05) is 12.4 Å². The van der Waals surface area contributed by atoms with Gasteiger partial charge in [-0.25, -0.2) is 4.68 Å². The predicted molar refractivity (Wildman–Crippen MR) is 94.0 cm³/mol. The Morgan fingerprint density at radius 1 is 1.19 bits per heavy atom. The first-order chi connectivity index (χ1) is 12.5. The van der Waals surface area contributed by atoms with Crippen LogP contribution in [-0.2, 0) is 11.3 Å². The van der Waals surface area contributed by atoms with E-state index in [2.05, 4.69) is 15.6 Å². The summed E-state index contributed by atoms with van der Waals surface area (Å²) < 4.78 is 6.36. The molecule has 26 heavy (non-hydrogen) atoms. The summed E-state index contributed by atoms with van der Waals surface area (Å²) in [4.78, 5) is 23.1. The van der Waals surface area contributed by atoms with Gasteiger partial charge in [-0.2, -0.15) is 0 Å². The Bertz CT molecular complexity index is 952. The van der Waals surface area contributed by atoms with E-state index >= 15 is 0 Å². The van der Waals surface area contributed by atoms with Crippen LogP contribution in [0.4, 0.5) is 5.69 Å². The van der Waals surface area contributed by atoms with E-state index in [0.29, 0.717) is 28.3 Å². The molecule has 8 heteroatoms. The Balaban J connectivity index is 1.77. The van der Waals surface area contributed by atoms with Crippen LogP contribution in [0.15, 0.2) is 54.7 Å². The SMILES string of the molecule is COc1cccc(C(=O)Nc2cccc(-c3cn(CC(=O)O)nn3)c2)c1. The average molecular weight is 352 g/mol. The fourth-order valence-corrected chi connectivity index (χ4v) is 2.37. The molecule has 0 radical (unpaired) electrons. The van der Waals surface area contributed by atoms with Gasteiger partial charge in [0, 0.05) is 16.8 Å². The molecule has 8 nitrogen and oxygen atoms in total. The number of ether oxygens (including phenoxy) is 1. The summed E-state index contributed by atoms with van der Waals surface area (Å²) in [5.74, 6) is -0.669. The van der Waals surface area contributed by atoms with Crippen LogP contribution in [0.5, 0.6) is 5.75 Å². The normalized spacial score (nSPS) is 10.3. The molecule has 2 N–H and O–H groups in total. The molecule has 132 valence electrons. The summed E-state index contributed by atoms with van der Waals surface area (Å²) in [6, 6.07) is 13.9. The highest BCUT2D eigenvalue weighted by atomic mass is 16.5. The maximum absolute atomic E-state index is 12.4. The Morgan fingerprint density at radius 3 is 2.77 bits per heavy atom. The minimum absolute atomic E-state index is 0.265. The monoisotopic (exact) mass is 352 g/mol. The highest BCUT2D eigenvalue weighted by Crippen LogP contribution is 2.21. The Hall–Kier alpha value is -3.68. The van der Waals surface area contributed by atoms with Crippen LogP contribution < -0.4 is 10.1 Å². The zero-order valence-corrected chi connectivity index (χ0v) is 13.9. The average Bonchev–Trinajstić information content (AvgIpc) is 3.10. The van der Waals surface area contributed by atoms with Gasteiger partial charge in [0.05, 0.1) is 13.3 Å². The van der Waals surface area contributed by atoms with Gasteiger partial charge in [0.1, 0.15) is 18.0 Å². The maximum atomic E-state index is 12.4. The fourth-order valence-electron chi connectivity index (χ4n) is 2.37. The number of carbonyl (C=O) groups excluding carboxylic acids is 1. The van der Waals surface area contributed by atoms with E-state index in [-0.39, 0.29) is 12.5 Å². The largest absolute Gasteiger partial charge is 0.497 e. The number of benzene rings is 2. The molecule has 0 saturated heterocycles. The molecule has 3 rings (SSSR count). The van der Waals surface area contributed by atoms with Crippen molar-refractivity contribution in [3.05, 3.63) is 60.3 Å². The zero-order chi connectivity index (χ0) is 18.5. The number of nitrogens with zero attached hydrogens (tertiary/aromatic N) is 3. The van der Waals surface area contributed by atoms with E-state index in [1.54, 1.807) is 48.5 Å². The molecule has 0 aliphatic carbocycles. The quantitative estimate of drug-likeness (QED) is 0.705. The van der Waals surface area contributed by atoms with Crippen molar-refractivity contribution in [3.63, 3.8) is 0 Å². The smallest absolute Gasteiger partial charge is 0.325 e. The first kappa shape index (κ1) is 17.2. The van der Waals surface area contributed by atoms with Crippen LogP contribution in [0.3, 0.4) is 0 Å². The lowest BCUT2D eigenvalue weighted by Crippen LogP contribution is -2.11. The minimum atomic E-state index is -0.999. The van der Waals surface area contributed by atoms with Gasteiger partial charge in [-0.05, 0) is 30.3 Å². The van der Waals surface area contributed by atoms with Gasteiger partial charge in [0.25, 0.3) is 5.91 Å². The lowest BCUT2D eigenvalue weighted by atomic mass is 10.1. The number of carbonyl (C=O) groups is 2. The molecule has 1 amide bonds. The third-order valence-corrected chi connectivity index (χ3v) is 3.58. The van der Waals surface area contributed by atoms with Gasteiger partial charge in [0.15, 0.2) is 0 Å². The molecule has 0 spiro atoms. The molecular formula is C18H16N4O4. The number of aliphatic carboxylic acids is 1. The standard InChI is InChI=1S/C18H16N4O4/c1-26-15-7-3-5-13(9-15)18(25)19-14-6-2-4-12(8-14)16-10-22(21-20-16)11-17(23)24/h2-10H,11H2,1H3,(H,19,25)(H,23,24). The molecule has 1 aromatic heterocycles. The molecule has 1 heterocycles. The summed E-state index contributed by atoms with van der Waals surface area (Å²) in [6.45, 7) is -0.265. The van der Waals surface area contributed by atoms with Gasteiger partial charge in [-0.15, -0.1) is 5.10 Å². The maximum Gasteiger partial charge on any atom is 0.325 e. The van der Waals surface area contributed by atoms with Crippen LogP contribution >= 0.6 is 0 Å². The van der Waals surface area contributed by atoms with Crippen LogP contribution in [0.25, 0.3) is 11.3 Å². The fraction of sp³-hybridized carbons (Fsp3) is 0.111. The molecule has 0 bridgehead atoms. The van der Waals surface area contributed by atoms with Crippen molar-refractivity contribution in [3.8, 4) is 17.0 Å². The number of rotatable bonds is 6. The second kappa shape index (κ2) is 7.47. The predicted octanol–water partition coefficient (Wildman–Crippen LogP) is 2.29. The van der Waals surface area contributed by atoms with Crippen molar-refractivity contribution in [1.29, 1.82) is 0 Å². The van der Waals surface area contributed by atoms with Crippen molar-refractivity contribution >= 4 is 17.6 Å². The van der Waals surface area contributed by atoms with Crippen molar-refractivity contribution in [1.82, 2.24) is 15.0 Å². The summed E-state index contributed by atoms with van der Waals surface area (Å²) in [5.41, 5.74) is 2.29. The number of hydrogen-bond donors (Lipinski definition) is 2. The molecule has 0 saturated carbocycles. The van der Waals surface area contributed by atoms with E-state index in [0.717, 1.165) is 0 Å². The summed E-state index contributed by atoms with van der Waals surface area (Å²) in [7, 11) is 1.54. The van der Waals surface area contributed by atoms with Gasteiger partial charge >= 0.3 is 5.97 Å². The summed E-state index contributed by atoms with van der Waals surface area (Å²) >= 11 is 0. The third-order valence-electron chi connectivity index (χ3n) is 3.58. The van der Waals surface area contributed by atoms with Crippen molar-refractivity contribution in [2.45, 2.75) is 6.54 Å². The Kier molecular flexibility index (Phi) is 4.93. The molecule has 0 fully saturated rings. The van der Waals surface area contributed by atoms with Crippen LogP contribution in [0.1, 0.15) is 10.4 Å². The van der Waals surface area contributed by atoms with E-state index < -0.39 is 5.97 Å². The van der Waals surface area contributed by atoms with Crippen molar-refractivity contribution < 1.29 is 19.4 Å². The first-order valence-electron chi connectivity index (χ1n) is 7.73. The van der Waals surface area contributed by atoms with Gasteiger partial charge in [0.2, 0.25) is 0 Å². The highest BCUT2D eigenvalue weighted by molar-refractivity contribution is 6.04. The number of nitrogens with one attached hydrogen (secondary N) is 1. The molecule has 2 aromatic carbocycles. The number of anilines is 1. The number of aromatic nitrogens is 3. The summed E-state index contributed by atoms with van der Waals surface area (Å²) in [6.07, 6.45) is 1.54. The lowest BCUT2D eigenvalue weighted by Gasteiger charge is -2.07. The van der Waals surface area contributed by atoms with Gasteiger partial charge < -0.3 is 15.2 Å². The van der Waals surface area contributed by atoms with Crippen LogP contribution in [0, 0.1) is 0 Å². The topological polar surface area (TPSA) is 106 Å². The minimum Gasteiger partial charge on any atom is -0.497 e. The van der Waals surface area contributed by atoms with E-state index in [1.807, 2.05) is 0 Å². The number of hydrogen-bond acceptors (Lipinski definition) is 5.